The normalized spacial score (nSPS) is 11.2. The first kappa shape index (κ1) is 16.5. The molecule has 0 aliphatic heterocycles. The van der Waals surface area contributed by atoms with Gasteiger partial charge in [-0.25, -0.2) is 4.39 Å². The van der Waals surface area contributed by atoms with E-state index < -0.39 is 0 Å². The van der Waals surface area contributed by atoms with Crippen LogP contribution in [0.5, 0.6) is 0 Å². The van der Waals surface area contributed by atoms with E-state index in [1.54, 1.807) is 0 Å². The first-order chi connectivity index (χ1) is 13.7. The predicted octanol–water partition coefficient (Wildman–Crippen LogP) is 6.15. The SMILES string of the molecule is O=C(c1ccc(F)cc1)c1ccccc1-n1c2ccccc2c2ccccc21. The van der Waals surface area contributed by atoms with Gasteiger partial charge in [-0.05, 0) is 48.5 Å². The summed E-state index contributed by atoms with van der Waals surface area (Å²) in [5.74, 6) is -0.482. The van der Waals surface area contributed by atoms with Gasteiger partial charge in [0.2, 0.25) is 0 Å². The van der Waals surface area contributed by atoms with Crippen LogP contribution in [0, 0.1) is 5.82 Å². The Hall–Kier alpha value is -3.72. The summed E-state index contributed by atoms with van der Waals surface area (Å²) in [6.07, 6.45) is 0. The Labute approximate surface area is 161 Å². The molecule has 5 aromatic rings. The van der Waals surface area contributed by atoms with Crippen LogP contribution in [-0.4, -0.2) is 10.4 Å². The van der Waals surface area contributed by atoms with E-state index >= 15 is 0 Å². The van der Waals surface area contributed by atoms with Gasteiger partial charge in [-0.3, -0.25) is 4.79 Å². The number of nitrogens with zero attached hydrogens (tertiary/aromatic N) is 1. The smallest absolute Gasteiger partial charge is 0.195 e. The Morgan fingerprint density at radius 2 is 1.18 bits per heavy atom. The molecule has 0 radical (unpaired) electrons. The van der Waals surface area contributed by atoms with E-state index in [4.69, 9.17) is 0 Å². The van der Waals surface area contributed by atoms with Crippen molar-refractivity contribution in [1.29, 1.82) is 0 Å². The highest BCUT2D eigenvalue weighted by Gasteiger charge is 2.18. The molecule has 0 saturated heterocycles. The monoisotopic (exact) mass is 365 g/mol. The molecule has 0 unspecified atom stereocenters. The Kier molecular flexibility index (Phi) is 3.80. The molecule has 0 aliphatic carbocycles. The number of ketones is 1. The summed E-state index contributed by atoms with van der Waals surface area (Å²) in [5, 5.41) is 2.28. The van der Waals surface area contributed by atoms with Crippen LogP contribution in [-0.2, 0) is 0 Å². The molecule has 0 N–H and O–H groups in total. The van der Waals surface area contributed by atoms with Crippen molar-refractivity contribution in [2.75, 3.05) is 0 Å². The van der Waals surface area contributed by atoms with Crippen molar-refractivity contribution < 1.29 is 9.18 Å². The van der Waals surface area contributed by atoms with Crippen LogP contribution in [0.3, 0.4) is 0 Å². The molecule has 0 bridgehead atoms. The van der Waals surface area contributed by atoms with Crippen molar-refractivity contribution in [3.8, 4) is 5.69 Å². The van der Waals surface area contributed by atoms with Crippen molar-refractivity contribution in [2.45, 2.75) is 0 Å². The zero-order chi connectivity index (χ0) is 19.1. The number of carbonyl (C=O) groups excluding carboxylic acids is 1. The second kappa shape index (κ2) is 6.46. The average molecular weight is 365 g/mol. The molecule has 0 amide bonds. The first-order valence-electron chi connectivity index (χ1n) is 9.12. The summed E-state index contributed by atoms with van der Waals surface area (Å²) in [7, 11) is 0. The number of benzene rings is 4. The van der Waals surface area contributed by atoms with E-state index in [0.717, 1.165) is 27.5 Å². The second-order valence-electron chi connectivity index (χ2n) is 6.72. The van der Waals surface area contributed by atoms with Crippen molar-refractivity contribution in [1.82, 2.24) is 4.57 Å². The molecule has 5 rings (SSSR count). The van der Waals surface area contributed by atoms with Gasteiger partial charge in [0.05, 0.1) is 16.7 Å². The number of hydrogen-bond donors (Lipinski definition) is 0. The van der Waals surface area contributed by atoms with Crippen molar-refractivity contribution in [2.24, 2.45) is 0 Å². The lowest BCUT2D eigenvalue weighted by atomic mass is 10.0. The lowest BCUT2D eigenvalue weighted by molar-refractivity contribution is 0.103. The van der Waals surface area contributed by atoms with Crippen LogP contribution in [0.4, 0.5) is 4.39 Å². The van der Waals surface area contributed by atoms with Gasteiger partial charge in [-0.2, -0.15) is 0 Å². The highest BCUT2D eigenvalue weighted by molar-refractivity contribution is 6.14. The Balaban J connectivity index is 1.80. The van der Waals surface area contributed by atoms with Crippen molar-refractivity contribution >= 4 is 27.6 Å². The molecule has 1 aromatic heterocycles. The second-order valence-corrected chi connectivity index (χ2v) is 6.72. The van der Waals surface area contributed by atoms with Gasteiger partial charge >= 0.3 is 0 Å². The summed E-state index contributed by atoms with van der Waals surface area (Å²) in [6, 6.07) is 29.6. The summed E-state index contributed by atoms with van der Waals surface area (Å²) in [6.45, 7) is 0. The van der Waals surface area contributed by atoms with Gasteiger partial charge in [-0.15, -0.1) is 0 Å². The van der Waals surface area contributed by atoms with Crippen LogP contribution in [0.25, 0.3) is 27.5 Å². The minimum atomic E-state index is -0.354. The third kappa shape index (κ3) is 2.52. The van der Waals surface area contributed by atoms with E-state index in [-0.39, 0.29) is 11.6 Å². The molecule has 0 spiro atoms. The maximum atomic E-state index is 13.3. The third-order valence-corrected chi connectivity index (χ3v) is 5.08. The lowest BCUT2D eigenvalue weighted by Crippen LogP contribution is -2.07. The molecule has 4 aromatic carbocycles. The Morgan fingerprint density at radius 1 is 0.643 bits per heavy atom. The fourth-order valence-electron chi connectivity index (χ4n) is 3.80. The molecule has 28 heavy (non-hydrogen) atoms. The van der Waals surface area contributed by atoms with E-state index in [2.05, 4.69) is 28.8 Å². The van der Waals surface area contributed by atoms with Gasteiger partial charge in [0.25, 0.3) is 0 Å². The first-order valence-corrected chi connectivity index (χ1v) is 9.12. The molecular weight excluding hydrogens is 349 g/mol. The maximum absolute atomic E-state index is 13.3. The minimum Gasteiger partial charge on any atom is -0.308 e. The van der Waals surface area contributed by atoms with Crippen LogP contribution < -0.4 is 0 Å². The fraction of sp³-hybridized carbons (Fsp3) is 0. The number of rotatable bonds is 3. The van der Waals surface area contributed by atoms with Crippen LogP contribution in [0.15, 0.2) is 97.1 Å². The topological polar surface area (TPSA) is 22.0 Å². The summed E-state index contributed by atoms with van der Waals surface area (Å²) < 4.78 is 15.4. The van der Waals surface area contributed by atoms with E-state index in [0.29, 0.717) is 11.1 Å². The fourth-order valence-corrected chi connectivity index (χ4v) is 3.80. The van der Waals surface area contributed by atoms with Gasteiger partial charge in [0, 0.05) is 21.9 Å². The number of carbonyl (C=O) groups is 1. The lowest BCUT2D eigenvalue weighted by Gasteiger charge is -2.13. The largest absolute Gasteiger partial charge is 0.308 e. The highest BCUT2D eigenvalue weighted by Crippen LogP contribution is 2.33. The predicted molar refractivity (Wildman–Crippen MR) is 111 cm³/mol. The van der Waals surface area contributed by atoms with Crippen LogP contribution >= 0.6 is 0 Å². The van der Waals surface area contributed by atoms with Crippen molar-refractivity contribution in [3.63, 3.8) is 0 Å². The zero-order valence-corrected chi connectivity index (χ0v) is 15.0. The number of hydrogen-bond acceptors (Lipinski definition) is 1. The molecule has 0 saturated carbocycles. The summed E-state index contributed by atoms with van der Waals surface area (Å²) >= 11 is 0. The Morgan fingerprint density at radius 3 is 1.82 bits per heavy atom. The molecule has 0 fully saturated rings. The number of halogens is 1. The van der Waals surface area contributed by atoms with Crippen LogP contribution in [0.1, 0.15) is 15.9 Å². The summed E-state index contributed by atoms with van der Waals surface area (Å²) in [4.78, 5) is 13.2. The van der Waals surface area contributed by atoms with Gasteiger partial charge < -0.3 is 4.57 Å². The quantitative estimate of drug-likeness (QED) is 0.351. The zero-order valence-electron chi connectivity index (χ0n) is 15.0. The van der Waals surface area contributed by atoms with E-state index in [9.17, 15) is 9.18 Å². The molecule has 2 nitrogen and oxygen atoms in total. The Bertz CT molecular complexity index is 1280. The number of fused-ring (bicyclic) bond motifs is 3. The van der Waals surface area contributed by atoms with Gasteiger partial charge in [0.15, 0.2) is 5.78 Å². The molecule has 0 atom stereocenters. The molecule has 3 heteroatoms. The average Bonchev–Trinajstić information content (AvgIpc) is 3.08. The minimum absolute atomic E-state index is 0.127. The van der Waals surface area contributed by atoms with E-state index in [1.165, 1.54) is 24.3 Å². The van der Waals surface area contributed by atoms with E-state index in [1.807, 2.05) is 48.5 Å². The number of aromatic nitrogens is 1. The highest BCUT2D eigenvalue weighted by atomic mass is 19.1. The number of para-hydroxylation sites is 3. The van der Waals surface area contributed by atoms with Crippen molar-refractivity contribution in [3.05, 3.63) is 114 Å². The van der Waals surface area contributed by atoms with Crippen LogP contribution in [0.2, 0.25) is 0 Å². The standard InChI is InChI=1S/C25H16FNO/c26-18-15-13-17(14-16-18)25(28)21-9-3-6-12-24(21)27-22-10-4-1-7-19(22)20-8-2-5-11-23(20)27/h1-16H. The molecule has 1 heterocycles. The van der Waals surface area contributed by atoms with Gasteiger partial charge in [-0.1, -0.05) is 48.5 Å². The molecule has 0 aliphatic rings. The third-order valence-electron chi connectivity index (χ3n) is 5.08. The summed E-state index contributed by atoms with van der Waals surface area (Å²) in [5.41, 5.74) is 3.95. The molecule has 134 valence electrons. The molecular formula is C25H16FNO. The maximum Gasteiger partial charge on any atom is 0.195 e. The van der Waals surface area contributed by atoms with Gasteiger partial charge in [0.1, 0.15) is 5.82 Å².